The van der Waals surface area contributed by atoms with Gasteiger partial charge in [0, 0.05) is 22.7 Å². The van der Waals surface area contributed by atoms with Crippen molar-refractivity contribution in [1.29, 1.82) is 5.26 Å². The van der Waals surface area contributed by atoms with Gasteiger partial charge in [0.2, 0.25) is 5.84 Å². The van der Waals surface area contributed by atoms with E-state index in [1.807, 2.05) is 11.5 Å². The highest BCUT2D eigenvalue weighted by molar-refractivity contribution is 5.91. The fourth-order valence-electron chi connectivity index (χ4n) is 2.83. The van der Waals surface area contributed by atoms with Gasteiger partial charge in [-0.05, 0) is 19.1 Å². The number of benzene rings is 1. The van der Waals surface area contributed by atoms with Gasteiger partial charge in [0.1, 0.15) is 11.8 Å². The van der Waals surface area contributed by atoms with Gasteiger partial charge in [-0.1, -0.05) is 18.2 Å². The molecule has 138 valence electrons. The van der Waals surface area contributed by atoms with Crippen molar-refractivity contribution in [3.05, 3.63) is 59.0 Å². The summed E-state index contributed by atoms with van der Waals surface area (Å²) in [5, 5.41) is 17.3. The van der Waals surface area contributed by atoms with Crippen LogP contribution in [0.3, 0.4) is 0 Å². The number of hydrazone groups is 1. The molecular weight excluding hydrogens is 354 g/mol. The minimum Gasteiger partial charge on any atom is -0.321 e. The van der Waals surface area contributed by atoms with E-state index in [9.17, 15) is 14.0 Å². The van der Waals surface area contributed by atoms with E-state index in [4.69, 9.17) is 11.7 Å². The van der Waals surface area contributed by atoms with E-state index in [2.05, 4.69) is 15.2 Å². The van der Waals surface area contributed by atoms with Gasteiger partial charge in [0.15, 0.2) is 0 Å². The van der Waals surface area contributed by atoms with Crippen LogP contribution >= 0.6 is 0 Å². The molecule has 0 saturated heterocycles. The molecule has 0 spiro atoms. The summed E-state index contributed by atoms with van der Waals surface area (Å²) in [6, 6.07) is 9.58. The third-order valence-corrected chi connectivity index (χ3v) is 4.18. The number of aromatic nitrogens is 3. The predicted octanol–water partition coefficient (Wildman–Crippen LogP) is 1.49. The number of amidine groups is 1. The lowest BCUT2D eigenvalue weighted by atomic mass is 10.0. The van der Waals surface area contributed by atoms with Crippen LogP contribution in [-0.2, 0) is 12.5 Å². The van der Waals surface area contributed by atoms with Crippen molar-refractivity contribution in [2.45, 2.75) is 19.4 Å². The largest absolute Gasteiger partial charge is 0.332 e. The molecule has 5 N–H and O–H groups in total. The minimum atomic E-state index is -3.51. The van der Waals surface area contributed by atoms with Crippen LogP contribution in [0.15, 0.2) is 41.6 Å². The molecule has 0 saturated carbocycles. The number of aryl methyl sites for hydroxylation is 1. The van der Waals surface area contributed by atoms with Crippen molar-refractivity contribution in [1.82, 2.24) is 20.2 Å². The highest BCUT2D eigenvalue weighted by Crippen LogP contribution is 2.32. The Kier molecular flexibility index (Phi) is 4.70. The summed E-state index contributed by atoms with van der Waals surface area (Å²) in [5.74, 6) is 5.72. The van der Waals surface area contributed by atoms with Crippen molar-refractivity contribution < 1.29 is 8.78 Å². The molecule has 0 bridgehead atoms. The molecule has 0 amide bonds. The number of alkyl halides is 2. The zero-order valence-corrected chi connectivity index (χ0v) is 14.3. The van der Waals surface area contributed by atoms with E-state index < -0.39 is 11.8 Å². The smallest absolute Gasteiger partial charge is 0.321 e. The number of pyridine rings is 1. The first kappa shape index (κ1) is 18.2. The van der Waals surface area contributed by atoms with Crippen molar-refractivity contribution in [2.24, 2.45) is 16.8 Å². The van der Waals surface area contributed by atoms with Gasteiger partial charge in [-0.15, -0.1) is 0 Å². The number of hydrazine groups is 1. The molecular formula is C17H16F2N8. The monoisotopic (exact) mass is 370 g/mol. The number of halogens is 2. The molecule has 10 heteroatoms. The third-order valence-electron chi connectivity index (χ3n) is 4.18. The Labute approximate surface area is 153 Å². The van der Waals surface area contributed by atoms with Crippen LogP contribution in [0.5, 0.6) is 0 Å². The fraction of sp³-hybridized carbons (Fsp3) is 0.176. The molecule has 1 aromatic carbocycles. The highest BCUT2D eigenvalue weighted by atomic mass is 19.3. The molecule has 2 heterocycles. The minimum absolute atomic E-state index is 0.211. The molecule has 0 atom stereocenters. The Balaban J connectivity index is 2.12. The molecule has 2 aromatic heterocycles. The summed E-state index contributed by atoms with van der Waals surface area (Å²) < 4.78 is 30.7. The molecule has 8 nitrogen and oxygen atoms in total. The van der Waals surface area contributed by atoms with Crippen LogP contribution in [-0.4, -0.2) is 20.6 Å². The number of rotatable bonds is 4. The van der Waals surface area contributed by atoms with Gasteiger partial charge in [0.05, 0.1) is 17.8 Å². The number of fused-ring (bicyclic) bond motifs is 1. The zero-order chi connectivity index (χ0) is 19.6. The summed E-state index contributed by atoms with van der Waals surface area (Å²) in [4.78, 5) is 4.01. The topological polar surface area (TPSA) is 131 Å². The van der Waals surface area contributed by atoms with Crippen LogP contribution in [0.25, 0.3) is 10.9 Å². The quantitative estimate of drug-likeness (QED) is 0.276. The molecule has 0 aliphatic carbocycles. The van der Waals surface area contributed by atoms with Gasteiger partial charge in [-0.3, -0.25) is 4.68 Å². The van der Waals surface area contributed by atoms with E-state index in [-0.39, 0.29) is 17.8 Å². The van der Waals surface area contributed by atoms with Crippen LogP contribution in [0, 0.1) is 18.3 Å². The molecule has 3 aromatic rings. The van der Waals surface area contributed by atoms with E-state index in [0.29, 0.717) is 22.2 Å². The second kappa shape index (κ2) is 6.97. The van der Waals surface area contributed by atoms with Crippen LogP contribution in [0.4, 0.5) is 8.78 Å². The fourth-order valence-corrected chi connectivity index (χ4v) is 2.83. The number of nitrogens with zero attached hydrogens (tertiary/aromatic N) is 5. The molecule has 0 fully saturated rings. The molecule has 0 aliphatic heterocycles. The van der Waals surface area contributed by atoms with Crippen LogP contribution in [0.2, 0.25) is 0 Å². The van der Waals surface area contributed by atoms with Crippen molar-refractivity contribution >= 4 is 16.7 Å². The van der Waals surface area contributed by atoms with Crippen molar-refractivity contribution in [3.8, 4) is 6.07 Å². The van der Waals surface area contributed by atoms with Gasteiger partial charge < -0.3 is 11.3 Å². The lowest BCUT2D eigenvalue weighted by Gasteiger charge is -2.18. The number of hydrogen-bond donors (Lipinski definition) is 3. The number of nitriles is 1. The van der Waals surface area contributed by atoms with Crippen molar-refractivity contribution in [3.63, 3.8) is 0 Å². The van der Waals surface area contributed by atoms with Gasteiger partial charge >= 0.3 is 5.92 Å². The second-order valence-corrected chi connectivity index (χ2v) is 5.79. The number of hydrogen-bond acceptors (Lipinski definition) is 6. The van der Waals surface area contributed by atoms with Crippen LogP contribution in [0.1, 0.15) is 22.5 Å². The van der Waals surface area contributed by atoms with E-state index in [1.54, 1.807) is 29.8 Å². The van der Waals surface area contributed by atoms with Crippen molar-refractivity contribution in [2.75, 3.05) is 0 Å². The maximum absolute atomic E-state index is 14.6. The molecule has 0 radical (unpaired) electrons. The Hall–Kier alpha value is -3.58. The predicted molar refractivity (Wildman–Crippen MR) is 95.4 cm³/mol. The SMILES string of the molecule is Cc1nn(Cc2cccnc2C#N)c2cc(C(F)(F)/C(=N/N)NN)ccc12. The van der Waals surface area contributed by atoms with Gasteiger partial charge in [0.25, 0.3) is 0 Å². The maximum Gasteiger partial charge on any atom is 0.332 e. The Morgan fingerprint density at radius 1 is 1.41 bits per heavy atom. The van der Waals surface area contributed by atoms with E-state index in [0.717, 1.165) is 0 Å². The maximum atomic E-state index is 14.6. The first-order chi connectivity index (χ1) is 12.9. The number of nitrogens with two attached hydrogens (primary N) is 2. The summed E-state index contributed by atoms with van der Waals surface area (Å²) in [5.41, 5.74) is 3.52. The average molecular weight is 370 g/mol. The Morgan fingerprint density at radius 3 is 2.85 bits per heavy atom. The van der Waals surface area contributed by atoms with E-state index in [1.165, 1.54) is 18.3 Å². The summed E-state index contributed by atoms with van der Waals surface area (Å²) in [6.07, 6.45) is 1.51. The van der Waals surface area contributed by atoms with Gasteiger partial charge in [-0.25, -0.2) is 10.8 Å². The first-order valence-corrected chi connectivity index (χ1v) is 7.86. The first-order valence-electron chi connectivity index (χ1n) is 7.86. The molecule has 0 aliphatic rings. The normalized spacial score (nSPS) is 12.2. The lowest BCUT2D eigenvalue weighted by molar-refractivity contribution is 0.0714. The van der Waals surface area contributed by atoms with Crippen LogP contribution < -0.4 is 17.1 Å². The number of nitrogens with one attached hydrogen (secondary N) is 1. The third kappa shape index (κ3) is 3.16. The summed E-state index contributed by atoms with van der Waals surface area (Å²) in [7, 11) is 0. The molecule has 0 unspecified atom stereocenters. The molecule has 3 rings (SSSR count). The second-order valence-electron chi connectivity index (χ2n) is 5.79. The van der Waals surface area contributed by atoms with E-state index >= 15 is 0 Å². The molecule has 27 heavy (non-hydrogen) atoms. The Bertz CT molecular complexity index is 1060. The summed E-state index contributed by atoms with van der Waals surface area (Å²) in [6.45, 7) is 1.99. The lowest BCUT2D eigenvalue weighted by Crippen LogP contribution is -2.43. The van der Waals surface area contributed by atoms with Gasteiger partial charge in [-0.2, -0.15) is 24.2 Å². The average Bonchev–Trinajstić information content (AvgIpc) is 2.98. The Morgan fingerprint density at radius 2 is 2.19 bits per heavy atom. The zero-order valence-electron chi connectivity index (χ0n) is 14.3. The summed E-state index contributed by atoms with van der Waals surface area (Å²) >= 11 is 0. The standard InChI is InChI=1S/C17H16F2N8/c1-10-13-5-4-12(17(18,19)16(24-21)25-22)7-15(13)27(26-10)9-11-3-2-6-23-14(11)8-20/h2-7H,9,21-22H2,1H3,(H,24,25). The highest BCUT2D eigenvalue weighted by Gasteiger charge is 2.39.